The first kappa shape index (κ1) is 14.5. The van der Waals surface area contributed by atoms with E-state index in [-0.39, 0.29) is 6.04 Å². The van der Waals surface area contributed by atoms with Crippen LogP contribution in [0.3, 0.4) is 0 Å². The van der Waals surface area contributed by atoms with Crippen LogP contribution in [0.2, 0.25) is 0 Å². The minimum absolute atomic E-state index is 0.135. The molecule has 2 rings (SSSR count). The molecule has 0 amide bonds. The lowest BCUT2D eigenvalue weighted by Crippen LogP contribution is -2.23. The van der Waals surface area contributed by atoms with Gasteiger partial charge in [-0.2, -0.15) is 0 Å². The van der Waals surface area contributed by atoms with Crippen LogP contribution in [0.25, 0.3) is 0 Å². The van der Waals surface area contributed by atoms with Gasteiger partial charge in [-0.1, -0.05) is 19.1 Å². The zero-order valence-electron chi connectivity index (χ0n) is 12.4. The Labute approximate surface area is 120 Å². The predicted octanol–water partition coefficient (Wildman–Crippen LogP) is 2.63. The summed E-state index contributed by atoms with van der Waals surface area (Å²) in [5, 5.41) is 3.57. The van der Waals surface area contributed by atoms with Gasteiger partial charge in [0.25, 0.3) is 0 Å². The van der Waals surface area contributed by atoms with Crippen LogP contribution in [-0.2, 0) is 0 Å². The molecule has 20 heavy (non-hydrogen) atoms. The van der Waals surface area contributed by atoms with E-state index >= 15 is 0 Å². The van der Waals surface area contributed by atoms with Crippen molar-refractivity contribution in [2.75, 3.05) is 25.5 Å². The van der Waals surface area contributed by atoms with Crippen LogP contribution in [0.5, 0.6) is 0 Å². The van der Waals surface area contributed by atoms with Crippen LogP contribution in [0.15, 0.2) is 43.0 Å². The zero-order chi connectivity index (χ0) is 14.4. The van der Waals surface area contributed by atoms with E-state index in [2.05, 4.69) is 65.5 Å². The Balaban J connectivity index is 2.33. The van der Waals surface area contributed by atoms with Gasteiger partial charge in [-0.25, -0.2) is 9.97 Å². The highest BCUT2D eigenvalue weighted by molar-refractivity contribution is 5.49. The normalized spacial score (nSPS) is 12.2. The molecular weight excluding hydrogens is 248 g/mol. The van der Waals surface area contributed by atoms with Gasteiger partial charge in [0.2, 0.25) is 0 Å². The second-order valence-corrected chi connectivity index (χ2v) is 5.05. The number of nitrogens with one attached hydrogen (secondary N) is 1. The van der Waals surface area contributed by atoms with E-state index in [1.165, 1.54) is 11.3 Å². The maximum Gasteiger partial charge on any atom is 0.115 e. The predicted molar refractivity (Wildman–Crippen MR) is 82.9 cm³/mol. The maximum atomic E-state index is 4.14. The monoisotopic (exact) mass is 270 g/mol. The van der Waals surface area contributed by atoms with Crippen molar-refractivity contribution in [1.29, 1.82) is 0 Å². The highest BCUT2D eigenvalue weighted by Gasteiger charge is 2.14. The van der Waals surface area contributed by atoms with Crippen molar-refractivity contribution in [3.8, 4) is 0 Å². The zero-order valence-corrected chi connectivity index (χ0v) is 12.4. The third kappa shape index (κ3) is 3.54. The van der Waals surface area contributed by atoms with Gasteiger partial charge < -0.3 is 10.2 Å². The molecule has 1 heterocycles. The second-order valence-electron chi connectivity index (χ2n) is 5.05. The number of hydrogen-bond donors (Lipinski definition) is 1. The first-order valence-electron chi connectivity index (χ1n) is 6.98. The fraction of sp³-hybridized carbons (Fsp3) is 0.375. The van der Waals surface area contributed by atoms with E-state index in [0.29, 0.717) is 0 Å². The molecule has 0 aliphatic heterocycles. The van der Waals surface area contributed by atoms with Gasteiger partial charge in [-0.15, -0.1) is 0 Å². The summed E-state index contributed by atoms with van der Waals surface area (Å²) in [7, 11) is 4.11. The Kier molecular flexibility index (Phi) is 5.07. The largest absolute Gasteiger partial charge is 0.378 e. The smallest absolute Gasteiger partial charge is 0.115 e. The fourth-order valence-electron chi connectivity index (χ4n) is 2.16. The summed E-state index contributed by atoms with van der Waals surface area (Å²) < 4.78 is 0. The van der Waals surface area contributed by atoms with E-state index < -0.39 is 0 Å². The fourth-order valence-corrected chi connectivity index (χ4v) is 2.16. The Morgan fingerprint density at radius 1 is 1.15 bits per heavy atom. The summed E-state index contributed by atoms with van der Waals surface area (Å²) in [6.07, 6.45) is 6.42. The van der Waals surface area contributed by atoms with Crippen LogP contribution in [0, 0.1) is 0 Å². The molecule has 0 bridgehead atoms. The van der Waals surface area contributed by atoms with Gasteiger partial charge in [0, 0.05) is 37.7 Å². The molecule has 0 aliphatic rings. The molecule has 4 heteroatoms. The third-order valence-electron chi connectivity index (χ3n) is 3.23. The molecule has 1 aromatic heterocycles. The topological polar surface area (TPSA) is 41.1 Å². The molecule has 0 saturated heterocycles. The Hall–Kier alpha value is -1.94. The van der Waals surface area contributed by atoms with E-state index in [1.807, 2.05) is 12.4 Å². The minimum Gasteiger partial charge on any atom is -0.378 e. The van der Waals surface area contributed by atoms with E-state index in [0.717, 1.165) is 18.5 Å². The number of rotatable bonds is 6. The van der Waals surface area contributed by atoms with Gasteiger partial charge in [-0.05, 0) is 30.7 Å². The lowest BCUT2D eigenvalue weighted by molar-refractivity contribution is 0.595. The molecule has 0 radical (unpaired) electrons. The number of nitrogens with zero attached hydrogens (tertiary/aromatic N) is 3. The molecule has 0 aliphatic carbocycles. The first-order valence-corrected chi connectivity index (χ1v) is 6.98. The van der Waals surface area contributed by atoms with Crippen molar-refractivity contribution >= 4 is 5.69 Å². The standard InChI is InChI=1S/C16H22N4/c1-4-8-19-16(14-10-17-12-18-11-14)13-6-5-7-15(9-13)20(2)3/h5-7,9-12,16,19H,4,8H2,1-3H3. The number of hydrogen-bond acceptors (Lipinski definition) is 4. The van der Waals surface area contributed by atoms with Crippen LogP contribution in [0.4, 0.5) is 5.69 Å². The van der Waals surface area contributed by atoms with Crippen molar-refractivity contribution in [2.45, 2.75) is 19.4 Å². The Bertz CT molecular complexity index is 525. The van der Waals surface area contributed by atoms with Crippen molar-refractivity contribution in [3.05, 3.63) is 54.1 Å². The van der Waals surface area contributed by atoms with E-state index in [4.69, 9.17) is 0 Å². The van der Waals surface area contributed by atoms with Gasteiger partial charge >= 0.3 is 0 Å². The maximum absolute atomic E-state index is 4.14. The van der Waals surface area contributed by atoms with Gasteiger partial charge in [0.05, 0.1) is 6.04 Å². The average Bonchev–Trinajstić information content (AvgIpc) is 2.49. The molecule has 106 valence electrons. The molecule has 1 atom stereocenters. The molecule has 0 fully saturated rings. The molecule has 2 aromatic rings. The van der Waals surface area contributed by atoms with Crippen LogP contribution < -0.4 is 10.2 Å². The quantitative estimate of drug-likeness (QED) is 0.876. The highest BCUT2D eigenvalue weighted by Crippen LogP contribution is 2.24. The first-order chi connectivity index (χ1) is 9.72. The van der Waals surface area contributed by atoms with Crippen molar-refractivity contribution < 1.29 is 0 Å². The van der Waals surface area contributed by atoms with E-state index in [1.54, 1.807) is 6.33 Å². The van der Waals surface area contributed by atoms with Crippen LogP contribution >= 0.6 is 0 Å². The summed E-state index contributed by atoms with van der Waals surface area (Å²) in [6, 6.07) is 8.70. The average molecular weight is 270 g/mol. The molecular formula is C16H22N4. The minimum atomic E-state index is 0.135. The molecule has 0 saturated carbocycles. The summed E-state index contributed by atoms with van der Waals surface area (Å²) in [6.45, 7) is 3.13. The Morgan fingerprint density at radius 3 is 2.55 bits per heavy atom. The van der Waals surface area contributed by atoms with Crippen LogP contribution in [0.1, 0.15) is 30.5 Å². The SMILES string of the molecule is CCCNC(c1cncnc1)c1cccc(N(C)C)c1. The van der Waals surface area contributed by atoms with Gasteiger partial charge in [0.1, 0.15) is 6.33 Å². The number of anilines is 1. The third-order valence-corrected chi connectivity index (χ3v) is 3.23. The van der Waals surface area contributed by atoms with Crippen molar-refractivity contribution in [2.24, 2.45) is 0 Å². The lowest BCUT2D eigenvalue weighted by atomic mass is 10.0. The molecule has 4 nitrogen and oxygen atoms in total. The Morgan fingerprint density at radius 2 is 1.90 bits per heavy atom. The number of aromatic nitrogens is 2. The van der Waals surface area contributed by atoms with Crippen molar-refractivity contribution in [1.82, 2.24) is 15.3 Å². The van der Waals surface area contributed by atoms with Gasteiger partial charge in [-0.3, -0.25) is 0 Å². The van der Waals surface area contributed by atoms with E-state index in [9.17, 15) is 0 Å². The lowest BCUT2D eigenvalue weighted by Gasteiger charge is -2.21. The molecule has 1 aromatic carbocycles. The number of benzene rings is 1. The highest BCUT2D eigenvalue weighted by atomic mass is 15.1. The van der Waals surface area contributed by atoms with Gasteiger partial charge in [0.15, 0.2) is 0 Å². The van der Waals surface area contributed by atoms with Crippen LogP contribution in [-0.4, -0.2) is 30.6 Å². The summed E-state index contributed by atoms with van der Waals surface area (Å²) in [4.78, 5) is 10.4. The summed E-state index contributed by atoms with van der Waals surface area (Å²) in [5.74, 6) is 0. The molecule has 1 unspecified atom stereocenters. The molecule has 0 spiro atoms. The van der Waals surface area contributed by atoms with Crippen molar-refractivity contribution in [3.63, 3.8) is 0 Å². The molecule has 1 N–H and O–H groups in total. The summed E-state index contributed by atoms with van der Waals surface area (Å²) in [5.41, 5.74) is 3.53. The second kappa shape index (κ2) is 7.01. The summed E-state index contributed by atoms with van der Waals surface area (Å²) >= 11 is 0.